The molecule has 1 aromatic heterocycles. The number of alkyl halides is 2. The molecule has 0 unspecified atom stereocenters. The van der Waals surface area contributed by atoms with Crippen molar-refractivity contribution >= 4 is 34.8 Å². The maximum absolute atomic E-state index is 13.1. The van der Waals surface area contributed by atoms with Gasteiger partial charge in [0, 0.05) is 29.6 Å². The number of pyridine rings is 1. The molecular weight excluding hydrogens is 320 g/mol. The summed E-state index contributed by atoms with van der Waals surface area (Å²) in [5.74, 6) is 0.357. The molecule has 0 radical (unpaired) electrons. The molecule has 0 aliphatic heterocycles. The van der Waals surface area contributed by atoms with E-state index in [1.54, 1.807) is 24.5 Å². The largest absolute Gasteiger partial charge is 0.263 e. The molecule has 0 saturated heterocycles. The first-order valence-corrected chi connectivity index (χ1v) is 7.52. The van der Waals surface area contributed by atoms with E-state index in [0.717, 1.165) is 11.1 Å². The fourth-order valence-corrected chi connectivity index (χ4v) is 3.07. The number of benzene rings is 1. The molecule has 0 saturated carbocycles. The molecule has 0 bridgehead atoms. The molecule has 0 spiro atoms. The second kappa shape index (κ2) is 6.75. The number of hydrogen-bond acceptors (Lipinski definition) is 1. The zero-order chi connectivity index (χ0) is 14.6. The Morgan fingerprint density at radius 1 is 1.05 bits per heavy atom. The number of aromatic nitrogens is 1. The predicted octanol–water partition coefficient (Wildman–Crippen LogP) is 4.83. The predicted molar refractivity (Wildman–Crippen MR) is 82.5 cm³/mol. The van der Waals surface area contributed by atoms with Crippen molar-refractivity contribution in [2.75, 3.05) is 11.8 Å². The minimum atomic E-state index is -0.484. The van der Waals surface area contributed by atoms with Crippen molar-refractivity contribution in [2.45, 2.75) is 11.8 Å². The second-order valence-corrected chi connectivity index (χ2v) is 5.64. The van der Waals surface area contributed by atoms with E-state index in [0.29, 0.717) is 23.2 Å². The van der Waals surface area contributed by atoms with E-state index in [2.05, 4.69) is 4.98 Å². The summed E-state index contributed by atoms with van der Waals surface area (Å²) < 4.78 is 13.1. The molecule has 20 heavy (non-hydrogen) atoms. The highest BCUT2D eigenvalue weighted by molar-refractivity contribution is 6.31. The average molecular weight is 333 g/mol. The molecule has 2 aromatic rings. The van der Waals surface area contributed by atoms with Crippen molar-refractivity contribution in [1.82, 2.24) is 4.98 Å². The molecule has 1 nitrogen and oxygen atoms in total. The lowest BCUT2D eigenvalue weighted by molar-refractivity contribution is 0.533. The van der Waals surface area contributed by atoms with Crippen LogP contribution in [-0.4, -0.2) is 16.7 Å². The quantitative estimate of drug-likeness (QED) is 0.714. The topological polar surface area (TPSA) is 12.9 Å². The highest BCUT2D eigenvalue weighted by Gasteiger charge is 2.31. The lowest BCUT2D eigenvalue weighted by Gasteiger charge is -2.30. The van der Waals surface area contributed by atoms with Gasteiger partial charge in [-0.15, -0.1) is 23.2 Å². The van der Waals surface area contributed by atoms with Crippen LogP contribution in [0.1, 0.15) is 11.1 Å². The van der Waals surface area contributed by atoms with Gasteiger partial charge < -0.3 is 0 Å². The number of rotatable bonds is 5. The third-order valence-electron chi connectivity index (χ3n) is 3.35. The highest BCUT2D eigenvalue weighted by atomic mass is 35.5. The summed E-state index contributed by atoms with van der Waals surface area (Å²) in [6.45, 7) is 0. The van der Waals surface area contributed by atoms with E-state index in [4.69, 9.17) is 34.8 Å². The van der Waals surface area contributed by atoms with E-state index in [9.17, 15) is 4.39 Å². The van der Waals surface area contributed by atoms with Gasteiger partial charge in [0.25, 0.3) is 0 Å². The van der Waals surface area contributed by atoms with E-state index in [1.165, 1.54) is 12.1 Å². The van der Waals surface area contributed by atoms with Crippen LogP contribution >= 0.6 is 34.8 Å². The first kappa shape index (κ1) is 15.6. The first-order chi connectivity index (χ1) is 9.61. The van der Waals surface area contributed by atoms with Gasteiger partial charge in [0.05, 0.1) is 5.02 Å². The Labute approximate surface area is 132 Å². The normalized spacial score (nSPS) is 11.6. The van der Waals surface area contributed by atoms with E-state index >= 15 is 0 Å². The van der Waals surface area contributed by atoms with Gasteiger partial charge in [0.1, 0.15) is 5.82 Å². The second-order valence-electron chi connectivity index (χ2n) is 4.70. The molecule has 1 aromatic carbocycles. The van der Waals surface area contributed by atoms with E-state index in [1.807, 2.05) is 6.07 Å². The van der Waals surface area contributed by atoms with Crippen molar-refractivity contribution in [3.63, 3.8) is 0 Å². The van der Waals surface area contributed by atoms with Crippen molar-refractivity contribution in [3.8, 4) is 0 Å². The molecule has 0 aliphatic rings. The fourth-order valence-electron chi connectivity index (χ4n) is 2.10. The Balaban J connectivity index is 2.39. The smallest absolute Gasteiger partial charge is 0.123 e. The highest BCUT2D eigenvalue weighted by Crippen LogP contribution is 2.33. The van der Waals surface area contributed by atoms with Gasteiger partial charge in [-0.1, -0.05) is 23.7 Å². The van der Waals surface area contributed by atoms with Crippen LogP contribution in [0.15, 0.2) is 42.7 Å². The molecule has 0 N–H and O–H groups in total. The molecule has 0 amide bonds. The van der Waals surface area contributed by atoms with Crippen LogP contribution in [0.4, 0.5) is 4.39 Å². The van der Waals surface area contributed by atoms with Crippen molar-refractivity contribution in [2.24, 2.45) is 0 Å². The standard InChI is InChI=1S/C15H13Cl3FN/c16-9-15(10-17,12-1-3-13(19)4-2-12)7-11-5-6-20-8-14(11)18/h1-6,8H,7,9-10H2. The van der Waals surface area contributed by atoms with E-state index in [-0.39, 0.29) is 5.82 Å². The summed E-state index contributed by atoms with van der Waals surface area (Å²) in [7, 11) is 0. The summed E-state index contributed by atoms with van der Waals surface area (Å²) in [6, 6.07) is 8.11. The Morgan fingerprint density at radius 3 is 2.25 bits per heavy atom. The van der Waals surface area contributed by atoms with Gasteiger partial charge in [-0.3, -0.25) is 4.98 Å². The summed E-state index contributed by atoms with van der Waals surface area (Å²) in [6.07, 6.45) is 3.85. The number of nitrogens with zero attached hydrogens (tertiary/aromatic N) is 1. The van der Waals surface area contributed by atoms with Crippen LogP contribution in [0.5, 0.6) is 0 Å². The van der Waals surface area contributed by atoms with Crippen molar-refractivity contribution in [1.29, 1.82) is 0 Å². The molecule has 0 atom stereocenters. The molecular formula is C15H13Cl3FN. The van der Waals surface area contributed by atoms with Crippen LogP contribution in [0, 0.1) is 5.82 Å². The van der Waals surface area contributed by atoms with Crippen molar-refractivity contribution in [3.05, 3.63) is 64.7 Å². The maximum atomic E-state index is 13.1. The van der Waals surface area contributed by atoms with Gasteiger partial charge in [0.2, 0.25) is 0 Å². The molecule has 5 heteroatoms. The lowest BCUT2D eigenvalue weighted by atomic mass is 9.79. The van der Waals surface area contributed by atoms with Gasteiger partial charge in [-0.05, 0) is 35.7 Å². The zero-order valence-corrected chi connectivity index (χ0v) is 12.9. The van der Waals surface area contributed by atoms with Crippen LogP contribution in [0.2, 0.25) is 5.02 Å². The summed E-state index contributed by atoms with van der Waals surface area (Å²) in [5, 5.41) is 0.578. The summed E-state index contributed by atoms with van der Waals surface area (Å²) in [5.41, 5.74) is 1.34. The van der Waals surface area contributed by atoms with Crippen LogP contribution in [-0.2, 0) is 11.8 Å². The third kappa shape index (κ3) is 3.25. The molecule has 2 rings (SSSR count). The van der Waals surface area contributed by atoms with Gasteiger partial charge in [-0.2, -0.15) is 0 Å². The summed E-state index contributed by atoms with van der Waals surface area (Å²) >= 11 is 18.5. The number of halogens is 4. The molecule has 0 fully saturated rings. The minimum Gasteiger partial charge on any atom is -0.263 e. The Kier molecular flexibility index (Phi) is 5.25. The Morgan fingerprint density at radius 2 is 1.70 bits per heavy atom. The lowest BCUT2D eigenvalue weighted by Crippen LogP contribution is -2.33. The Bertz CT molecular complexity index is 568. The molecule has 106 valence electrons. The zero-order valence-electron chi connectivity index (χ0n) is 10.6. The van der Waals surface area contributed by atoms with Crippen LogP contribution < -0.4 is 0 Å². The minimum absolute atomic E-state index is 0.284. The van der Waals surface area contributed by atoms with Gasteiger partial charge >= 0.3 is 0 Å². The number of hydrogen-bond donors (Lipinski definition) is 0. The van der Waals surface area contributed by atoms with Crippen molar-refractivity contribution < 1.29 is 4.39 Å². The average Bonchev–Trinajstić information content (AvgIpc) is 2.48. The molecule has 0 aliphatic carbocycles. The maximum Gasteiger partial charge on any atom is 0.123 e. The van der Waals surface area contributed by atoms with Gasteiger partial charge in [-0.25, -0.2) is 4.39 Å². The fraction of sp³-hybridized carbons (Fsp3) is 0.267. The first-order valence-electron chi connectivity index (χ1n) is 6.08. The third-order valence-corrected chi connectivity index (χ3v) is 4.72. The van der Waals surface area contributed by atoms with Crippen LogP contribution in [0.25, 0.3) is 0 Å². The monoisotopic (exact) mass is 331 g/mol. The molecule has 1 heterocycles. The Hall–Kier alpha value is -0.830. The van der Waals surface area contributed by atoms with Gasteiger partial charge in [0.15, 0.2) is 0 Å². The van der Waals surface area contributed by atoms with E-state index < -0.39 is 5.41 Å². The van der Waals surface area contributed by atoms with Crippen LogP contribution in [0.3, 0.4) is 0 Å². The summed E-state index contributed by atoms with van der Waals surface area (Å²) in [4.78, 5) is 3.96. The SMILES string of the molecule is Fc1ccc(C(CCl)(CCl)Cc2ccncc2Cl)cc1.